The molecule has 3 rings (SSSR count). The number of nitrogens with zero attached hydrogens (tertiary/aromatic N) is 1. The number of carbonyl (C=O) groups excluding carboxylic acids is 1. The van der Waals surface area contributed by atoms with Crippen LogP contribution in [0.25, 0.3) is 0 Å². The van der Waals surface area contributed by atoms with Crippen LogP contribution in [0.15, 0.2) is 36.4 Å². The van der Waals surface area contributed by atoms with Crippen molar-refractivity contribution in [3.8, 4) is 11.5 Å². The Hall–Kier alpha value is -2.00. The van der Waals surface area contributed by atoms with Gasteiger partial charge in [0.2, 0.25) is 15.9 Å². The van der Waals surface area contributed by atoms with Gasteiger partial charge >= 0.3 is 0 Å². The van der Waals surface area contributed by atoms with Crippen LogP contribution in [0.4, 0.5) is 5.69 Å². The molecule has 1 amide bonds. The molecule has 0 aliphatic carbocycles. The Balaban J connectivity index is 1.59. The maximum absolute atomic E-state index is 12.8. The summed E-state index contributed by atoms with van der Waals surface area (Å²) < 4.78 is 37.5. The second-order valence-electron chi connectivity index (χ2n) is 7.23. The molecule has 1 heterocycles. The maximum Gasteiger partial charge on any atom is 0.227 e. The summed E-state index contributed by atoms with van der Waals surface area (Å²) >= 11 is 11.9. The Labute approximate surface area is 192 Å². The Morgan fingerprint density at radius 1 is 1.06 bits per heavy atom. The second-order valence-corrected chi connectivity index (χ2v) is 10.0. The molecule has 1 saturated heterocycles. The topological polar surface area (TPSA) is 84.9 Å². The minimum Gasteiger partial charge on any atom is -0.497 e. The highest BCUT2D eigenvalue weighted by molar-refractivity contribution is 7.88. The third-order valence-electron chi connectivity index (χ3n) is 5.22. The smallest absolute Gasteiger partial charge is 0.227 e. The zero-order valence-corrected chi connectivity index (χ0v) is 19.6. The van der Waals surface area contributed by atoms with E-state index in [4.69, 9.17) is 32.7 Å². The predicted octanol–water partition coefficient (Wildman–Crippen LogP) is 4.19. The van der Waals surface area contributed by atoms with Gasteiger partial charge in [-0.05, 0) is 42.7 Å². The van der Waals surface area contributed by atoms with Crippen molar-refractivity contribution >= 4 is 44.8 Å². The molecule has 1 N–H and O–H groups in total. The van der Waals surface area contributed by atoms with Gasteiger partial charge in [-0.1, -0.05) is 29.3 Å². The summed E-state index contributed by atoms with van der Waals surface area (Å²) in [6, 6.07) is 9.92. The number of ether oxygens (including phenoxy) is 2. The molecule has 1 aliphatic heterocycles. The monoisotopic (exact) mass is 486 g/mol. The third-order valence-corrected chi connectivity index (χ3v) is 7.81. The lowest BCUT2D eigenvalue weighted by Gasteiger charge is -2.30. The van der Waals surface area contributed by atoms with Gasteiger partial charge in [-0.25, -0.2) is 12.7 Å². The number of halogens is 2. The fourth-order valence-electron chi connectivity index (χ4n) is 3.46. The van der Waals surface area contributed by atoms with Gasteiger partial charge < -0.3 is 14.8 Å². The zero-order valence-electron chi connectivity index (χ0n) is 17.2. The van der Waals surface area contributed by atoms with Crippen LogP contribution in [0.3, 0.4) is 0 Å². The van der Waals surface area contributed by atoms with Crippen LogP contribution in [-0.2, 0) is 20.6 Å². The number of anilines is 1. The highest BCUT2D eigenvalue weighted by Crippen LogP contribution is 2.31. The molecule has 1 fully saturated rings. The lowest BCUT2D eigenvalue weighted by atomic mass is 9.97. The Morgan fingerprint density at radius 3 is 2.39 bits per heavy atom. The van der Waals surface area contributed by atoms with Gasteiger partial charge in [-0.3, -0.25) is 4.79 Å². The first-order valence-electron chi connectivity index (χ1n) is 9.68. The molecule has 0 unspecified atom stereocenters. The van der Waals surface area contributed by atoms with Crippen LogP contribution in [0.2, 0.25) is 10.0 Å². The van der Waals surface area contributed by atoms with Crippen LogP contribution in [0.1, 0.15) is 18.4 Å². The molecule has 2 aromatic rings. The predicted molar refractivity (Wildman–Crippen MR) is 122 cm³/mol. The first-order chi connectivity index (χ1) is 14.7. The number of hydrogen-bond acceptors (Lipinski definition) is 5. The average molecular weight is 487 g/mol. The quantitative estimate of drug-likeness (QED) is 0.633. The van der Waals surface area contributed by atoms with Crippen molar-refractivity contribution in [3.05, 3.63) is 52.0 Å². The maximum atomic E-state index is 12.8. The lowest BCUT2D eigenvalue weighted by molar-refractivity contribution is -0.120. The first-order valence-corrected chi connectivity index (χ1v) is 12.0. The Kier molecular flexibility index (Phi) is 7.69. The number of piperidine rings is 1. The Morgan fingerprint density at radius 2 is 1.77 bits per heavy atom. The van der Waals surface area contributed by atoms with E-state index in [1.165, 1.54) is 11.4 Å². The van der Waals surface area contributed by atoms with Gasteiger partial charge in [-0.15, -0.1) is 0 Å². The molecule has 31 heavy (non-hydrogen) atoms. The molecule has 0 bridgehead atoms. The number of methoxy groups -OCH3 is 2. The average Bonchev–Trinajstić information content (AvgIpc) is 2.76. The van der Waals surface area contributed by atoms with Gasteiger partial charge in [0.05, 0.1) is 35.7 Å². The van der Waals surface area contributed by atoms with E-state index in [0.717, 1.165) is 0 Å². The van der Waals surface area contributed by atoms with Crippen molar-refractivity contribution in [1.29, 1.82) is 0 Å². The summed E-state index contributed by atoms with van der Waals surface area (Å²) in [5.41, 5.74) is 1.11. The third kappa shape index (κ3) is 5.83. The summed E-state index contributed by atoms with van der Waals surface area (Å²) in [4.78, 5) is 12.7. The van der Waals surface area contributed by atoms with Crippen molar-refractivity contribution < 1.29 is 22.7 Å². The van der Waals surface area contributed by atoms with E-state index in [-0.39, 0.29) is 30.7 Å². The number of carbonyl (C=O) groups is 1. The van der Waals surface area contributed by atoms with Crippen LogP contribution in [0, 0.1) is 5.92 Å². The number of nitrogens with one attached hydrogen (secondary N) is 1. The van der Waals surface area contributed by atoms with Crippen molar-refractivity contribution in [2.24, 2.45) is 5.92 Å². The van der Waals surface area contributed by atoms with E-state index in [1.54, 1.807) is 43.5 Å². The molecule has 0 spiro atoms. The van der Waals surface area contributed by atoms with Gasteiger partial charge in [0, 0.05) is 25.1 Å². The number of rotatable bonds is 7. The van der Waals surface area contributed by atoms with E-state index in [9.17, 15) is 13.2 Å². The molecule has 2 aromatic carbocycles. The van der Waals surface area contributed by atoms with E-state index in [1.807, 2.05) is 0 Å². The van der Waals surface area contributed by atoms with Crippen molar-refractivity contribution in [3.63, 3.8) is 0 Å². The van der Waals surface area contributed by atoms with Crippen LogP contribution in [-0.4, -0.2) is 45.9 Å². The summed E-state index contributed by atoms with van der Waals surface area (Å²) in [5, 5.41) is 3.57. The van der Waals surface area contributed by atoms with Gasteiger partial charge in [-0.2, -0.15) is 0 Å². The Bertz CT molecular complexity index is 1050. The van der Waals surface area contributed by atoms with Crippen molar-refractivity contribution in [2.45, 2.75) is 18.6 Å². The molecular formula is C21H24Cl2N2O5S. The van der Waals surface area contributed by atoms with Crippen LogP contribution in [0.5, 0.6) is 11.5 Å². The molecule has 7 nitrogen and oxygen atoms in total. The molecular weight excluding hydrogens is 463 g/mol. The normalized spacial score (nSPS) is 15.5. The summed E-state index contributed by atoms with van der Waals surface area (Å²) in [6.07, 6.45) is 0.871. The van der Waals surface area contributed by atoms with E-state index in [2.05, 4.69) is 5.32 Å². The largest absolute Gasteiger partial charge is 0.497 e. The zero-order chi connectivity index (χ0) is 22.6. The summed E-state index contributed by atoms with van der Waals surface area (Å²) in [5.74, 6) is 0.502. The summed E-state index contributed by atoms with van der Waals surface area (Å²) in [6.45, 7) is 0.559. The molecule has 0 radical (unpaired) electrons. The second kappa shape index (κ2) is 10.1. The molecule has 0 saturated carbocycles. The van der Waals surface area contributed by atoms with E-state index >= 15 is 0 Å². The fraction of sp³-hybridized carbons (Fsp3) is 0.381. The van der Waals surface area contributed by atoms with E-state index in [0.29, 0.717) is 45.6 Å². The first kappa shape index (κ1) is 23.7. The standard InChI is InChI=1S/C21H24Cl2N2O5S/c1-29-16-4-6-19(20(12-16)30-2)24-21(26)15-7-9-25(10-8-15)31(27,28)13-14-3-5-17(22)18(23)11-14/h3-6,11-12,15H,7-10,13H2,1-2H3,(H,24,26). The van der Waals surface area contributed by atoms with Crippen LogP contribution >= 0.6 is 23.2 Å². The number of amides is 1. The fourth-order valence-corrected chi connectivity index (χ4v) is 5.34. The number of hydrogen-bond donors (Lipinski definition) is 1. The SMILES string of the molecule is COc1ccc(NC(=O)C2CCN(S(=O)(=O)Cc3ccc(Cl)c(Cl)c3)CC2)c(OC)c1. The van der Waals surface area contributed by atoms with Gasteiger partial charge in [0.25, 0.3) is 0 Å². The minimum atomic E-state index is -3.53. The molecule has 1 aliphatic rings. The molecule has 0 atom stereocenters. The van der Waals surface area contributed by atoms with Crippen molar-refractivity contribution in [1.82, 2.24) is 4.31 Å². The van der Waals surface area contributed by atoms with Crippen molar-refractivity contribution in [2.75, 3.05) is 32.6 Å². The number of sulfonamides is 1. The van der Waals surface area contributed by atoms with E-state index < -0.39 is 10.0 Å². The highest BCUT2D eigenvalue weighted by Gasteiger charge is 2.31. The lowest BCUT2D eigenvalue weighted by Crippen LogP contribution is -2.41. The molecule has 10 heteroatoms. The van der Waals surface area contributed by atoms with Crippen LogP contribution < -0.4 is 14.8 Å². The highest BCUT2D eigenvalue weighted by atomic mass is 35.5. The minimum absolute atomic E-state index is 0.162. The number of benzene rings is 2. The molecule has 0 aromatic heterocycles. The van der Waals surface area contributed by atoms with Gasteiger partial charge in [0.1, 0.15) is 11.5 Å². The molecule has 168 valence electrons. The summed E-state index contributed by atoms with van der Waals surface area (Å²) in [7, 11) is -0.459. The van der Waals surface area contributed by atoms with Gasteiger partial charge in [0.15, 0.2) is 0 Å².